The molecule has 0 radical (unpaired) electrons. The molecule has 0 saturated carbocycles. The van der Waals surface area contributed by atoms with Crippen LogP contribution in [0.4, 0.5) is 0 Å². The smallest absolute Gasteiger partial charge is 0.0437 e. The Morgan fingerprint density at radius 3 is 1.44 bits per heavy atom. The van der Waals surface area contributed by atoms with E-state index >= 15 is 0 Å². The van der Waals surface area contributed by atoms with Crippen molar-refractivity contribution in [3.63, 3.8) is 0 Å². The summed E-state index contributed by atoms with van der Waals surface area (Å²) in [7, 11) is 0. The van der Waals surface area contributed by atoms with Gasteiger partial charge in [-0.2, -0.15) is 12.6 Å². The molecule has 0 amide bonds. The maximum Gasteiger partial charge on any atom is 0.0437 e. The van der Waals surface area contributed by atoms with Crippen LogP contribution in [-0.2, 0) is 4.74 Å². The summed E-state index contributed by atoms with van der Waals surface area (Å²) in [5.41, 5.74) is 0. The molecular weight excluding hydrogens is 132 g/mol. The SMILES string of the molecule is CCCS.CCOCC. The van der Waals surface area contributed by atoms with E-state index in [0.717, 1.165) is 19.0 Å². The molecule has 0 aliphatic carbocycles. The van der Waals surface area contributed by atoms with E-state index in [0.29, 0.717) is 0 Å². The van der Waals surface area contributed by atoms with Crippen molar-refractivity contribution in [2.24, 2.45) is 0 Å². The van der Waals surface area contributed by atoms with E-state index in [1.165, 1.54) is 6.42 Å². The van der Waals surface area contributed by atoms with Crippen LogP contribution >= 0.6 is 12.6 Å². The molecule has 9 heavy (non-hydrogen) atoms. The number of hydrogen-bond donors (Lipinski definition) is 1. The Kier molecular flexibility index (Phi) is 21.1. The van der Waals surface area contributed by atoms with Gasteiger partial charge in [0.25, 0.3) is 0 Å². The maximum absolute atomic E-state index is 4.83. The van der Waals surface area contributed by atoms with Crippen LogP contribution in [0.15, 0.2) is 0 Å². The Labute approximate surface area is 64.2 Å². The summed E-state index contributed by atoms with van der Waals surface area (Å²) in [6.45, 7) is 7.77. The predicted molar refractivity (Wildman–Crippen MR) is 46.3 cm³/mol. The monoisotopic (exact) mass is 150 g/mol. The molecule has 2 heteroatoms. The Hall–Kier alpha value is 0.310. The third-order valence-electron chi connectivity index (χ3n) is 0.632. The fourth-order valence-electron chi connectivity index (χ4n) is 0.204. The summed E-state index contributed by atoms with van der Waals surface area (Å²) in [5, 5.41) is 0. The molecule has 0 heterocycles. The second kappa shape index (κ2) is 15.7. The molecule has 0 aliphatic rings. The van der Waals surface area contributed by atoms with Crippen LogP contribution in [0.5, 0.6) is 0 Å². The van der Waals surface area contributed by atoms with Crippen LogP contribution in [0, 0.1) is 0 Å². The molecule has 0 aromatic carbocycles. The third kappa shape index (κ3) is 30.2. The lowest BCUT2D eigenvalue weighted by molar-refractivity contribution is 0.162. The van der Waals surface area contributed by atoms with Crippen molar-refractivity contribution < 1.29 is 4.74 Å². The topological polar surface area (TPSA) is 9.23 Å². The van der Waals surface area contributed by atoms with Gasteiger partial charge in [0.05, 0.1) is 0 Å². The van der Waals surface area contributed by atoms with Gasteiger partial charge in [-0.15, -0.1) is 0 Å². The standard InChI is InChI=1S/C4H10O.C3H8S/c1-3-5-4-2;1-2-3-4/h3-4H2,1-2H3;4H,2-3H2,1H3. The molecule has 58 valence electrons. The van der Waals surface area contributed by atoms with E-state index in [1.54, 1.807) is 0 Å². The minimum absolute atomic E-state index is 0.844. The average molecular weight is 150 g/mol. The van der Waals surface area contributed by atoms with Gasteiger partial charge < -0.3 is 4.74 Å². The summed E-state index contributed by atoms with van der Waals surface area (Å²) in [6.07, 6.45) is 1.18. The van der Waals surface area contributed by atoms with Gasteiger partial charge in [-0.1, -0.05) is 6.92 Å². The largest absolute Gasteiger partial charge is 0.382 e. The highest BCUT2D eigenvalue weighted by atomic mass is 32.1. The van der Waals surface area contributed by atoms with Crippen molar-refractivity contribution in [3.05, 3.63) is 0 Å². The number of ether oxygens (including phenoxy) is 1. The fourth-order valence-corrected chi connectivity index (χ4v) is 0.204. The molecule has 0 spiro atoms. The van der Waals surface area contributed by atoms with E-state index in [1.807, 2.05) is 13.8 Å². The quantitative estimate of drug-likeness (QED) is 0.608. The van der Waals surface area contributed by atoms with E-state index in [2.05, 4.69) is 19.6 Å². The molecule has 0 N–H and O–H groups in total. The van der Waals surface area contributed by atoms with Gasteiger partial charge in [-0.3, -0.25) is 0 Å². The first-order chi connectivity index (χ1) is 4.33. The lowest BCUT2D eigenvalue weighted by atomic mass is 10.6. The molecule has 0 bridgehead atoms. The molecule has 0 aromatic heterocycles. The number of rotatable bonds is 3. The van der Waals surface area contributed by atoms with Crippen LogP contribution in [0.1, 0.15) is 27.2 Å². The highest BCUT2D eigenvalue weighted by Crippen LogP contribution is 1.74. The van der Waals surface area contributed by atoms with Crippen molar-refractivity contribution in [1.29, 1.82) is 0 Å². The minimum atomic E-state index is 0.844. The molecule has 0 aliphatic heterocycles. The Bertz CT molecular complexity index is 28.1. The van der Waals surface area contributed by atoms with Gasteiger partial charge in [0.15, 0.2) is 0 Å². The highest BCUT2D eigenvalue weighted by Gasteiger charge is 1.64. The summed E-state index contributed by atoms with van der Waals surface area (Å²) in [6, 6.07) is 0. The van der Waals surface area contributed by atoms with Gasteiger partial charge in [0, 0.05) is 13.2 Å². The number of thiol groups is 1. The highest BCUT2D eigenvalue weighted by molar-refractivity contribution is 7.80. The molecule has 1 nitrogen and oxygen atoms in total. The Morgan fingerprint density at radius 1 is 1.11 bits per heavy atom. The Balaban J connectivity index is 0. The first kappa shape index (κ1) is 12.0. The molecule has 0 unspecified atom stereocenters. The second-order valence-electron chi connectivity index (χ2n) is 1.51. The van der Waals surface area contributed by atoms with Gasteiger partial charge in [0.2, 0.25) is 0 Å². The van der Waals surface area contributed by atoms with Crippen LogP contribution < -0.4 is 0 Å². The first-order valence-corrected chi connectivity index (χ1v) is 4.15. The zero-order valence-electron chi connectivity index (χ0n) is 6.68. The zero-order valence-corrected chi connectivity index (χ0v) is 7.58. The van der Waals surface area contributed by atoms with Crippen LogP contribution in [0.3, 0.4) is 0 Å². The summed E-state index contributed by atoms with van der Waals surface area (Å²) in [4.78, 5) is 0. The first-order valence-electron chi connectivity index (χ1n) is 3.51. The van der Waals surface area contributed by atoms with Crippen molar-refractivity contribution >= 4 is 12.6 Å². The molecule has 0 fully saturated rings. The lowest BCUT2D eigenvalue weighted by Gasteiger charge is -1.86. The van der Waals surface area contributed by atoms with Gasteiger partial charge in [0.1, 0.15) is 0 Å². The van der Waals surface area contributed by atoms with Gasteiger partial charge >= 0.3 is 0 Å². The van der Waals surface area contributed by atoms with Crippen molar-refractivity contribution in [1.82, 2.24) is 0 Å². The van der Waals surface area contributed by atoms with Gasteiger partial charge in [-0.05, 0) is 26.0 Å². The van der Waals surface area contributed by atoms with Crippen molar-refractivity contribution in [3.8, 4) is 0 Å². The average Bonchev–Trinajstić information content (AvgIpc) is 1.91. The molecule has 0 saturated heterocycles. The molecule has 0 rings (SSSR count). The molecule has 0 atom stereocenters. The normalized spacial score (nSPS) is 8.00. The van der Waals surface area contributed by atoms with Crippen LogP contribution in [-0.4, -0.2) is 19.0 Å². The minimum Gasteiger partial charge on any atom is -0.382 e. The van der Waals surface area contributed by atoms with E-state index < -0.39 is 0 Å². The predicted octanol–water partition coefficient (Wildman–Crippen LogP) is 2.37. The van der Waals surface area contributed by atoms with E-state index in [4.69, 9.17) is 4.74 Å². The lowest BCUT2D eigenvalue weighted by Crippen LogP contribution is -1.84. The second-order valence-corrected chi connectivity index (χ2v) is 1.95. The summed E-state index contributed by atoms with van der Waals surface area (Å²) in [5.74, 6) is 1.01. The molecule has 0 aromatic rings. The van der Waals surface area contributed by atoms with Crippen molar-refractivity contribution in [2.75, 3.05) is 19.0 Å². The number of hydrogen-bond acceptors (Lipinski definition) is 2. The maximum atomic E-state index is 4.83. The molecular formula is C7H18OS. The van der Waals surface area contributed by atoms with Gasteiger partial charge in [-0.25, -0.2) is 0 Å². The summed E-state index contributed by atoms with van der Waals surface area (Å²) < 4.78 is 4.83. The van der Waals surface area contributed by atoms with Crippen LogP contribution in [0.2, 0.25) is 0 Å². The Morgan fingerprint density at radius 2 is 1.44 bits per heavy atom. The van der Waals surface area contributed by atoms with E-state index in [-0.39, 0.29) is 0 Å². The third-order valence-corrected chi connectivity index (χ3v) is 1.08. The van der Waals surface area contributed by atoms with Crippen molar-refractivity contribution in [2.45, 2.75) is 27.2 Å². The van der Waals surface area contributed by atoms with Crippen LogP contribution in [0.25, 0.3) is 0 Å². The summed E-state index contributed by atoms with van der Waals surface area (Å²) >= 11 is 3.92. The fraction of sp³-hybridized carbons (Fsp3) is 1.00. The van der Waals surface area contributed by atoms with E-state index in [9.17, 15) is 0 Å². The zero-order chi connectivity index (χ0) is 7.54.